The van der Waals surface area contributed by atoms with Crippen LogP contribution in [0.15, 0.2) is 22.7 Å². The summed E-state index contributed by atoms with van der Waals surface area (Å²) in [5.41, 5.74) is 7.04. The van der Waals surface area contributed by atoms with E-state index in [2.05, 4.69) is 27.3 Å². The van der Waals surface area contributed by atoms with Crippen molar-refractivity contribution in [2.45, 2.75) is 50.6 Å². The number of nitrogens with one attached hydrogen (secondary N) is 1. The molecule has 1 aromatic rings. The molecular weight excluding hydrogens is 324 g/mol. The minimum Gasteiger partial charge on any atom is -0.329 e. The van der Waals surface area contributed by atoms with Gasteiger partial charge in [-0.15, -0.1) is 0 Å². The fourth-order valence-corrected chi connectivity index (χ4v) is 3.43. The first kappa shape index (κ1) is 15.3. The Hall–Kier alpha value is -0.0900. The molecule has 1 aromatic carbocycles. The third-order valence-corrected chi connectivity index (χ3v) is 4.70. The molecule has 19 heavy (non-hydrogen) atoms. The Morgan fingerprint density at radius 2 is 1.95 bits per heavy atom. The monoisotopic (exact) mass is 344 g/mol. The Morgan fingerprint density at radius 1 is 1.26 bits per heavy atom. The molecule has 1 fully saturated rings. The fraction of sp³-hybridized carbons (Fsp3) is 0.600. The zero-order chi connectivity index (χ0) is 13.7. The van der Waals surface area contributed by atoms with E-state index in [0.717, 1.165) is 15.1 Å². The van der Waals surface area contributed by atoms with E-state index in [-0.39, 0.29) is 6.04 Å². The normalized spacial score (nSPS) is 19.1. The van der Waals surface area contributed by atoms with Crippen molar-refractivity contribution in [1.29, 1.82) is 0 Å². The van der Waals surface area contributed by atoms with Gasteiger partial charge in [-0.2, -0.15) is 0 Å². The molecule has 0 aromatic heterocycles. The van der Waals surface area contributed by atoms with Crippen molar-refractivity contribution >= 4 is 27.5 Å². The van der Waals surface area contributed by atoms with Gasteiger partial charge >= 0.3 is 0 Å². The zero-order valence-corrected chi connectivity index (χ0v) is 13.5. The van der Waals surface area contributed by atoms with Gasteiger partial charge < -0.3 is 11.1 Å². The first-order valence-electron chi connectivity index (χ1n) is 7.12. The molecule has 1 atom stereocenters. The van der Waals surface area contributed by atoms with Crippen LogP contribution in [0.2, 0.25) is 5.02 Å². The summed E-state index contributed by atoms with van der Waals surface area (Å²) in [5.74, 6) is 0. The number of hydrogen-bond donors (Lipinski definition) is 2. The van der Waals surface area contributed by atoms with E-state index < -0.39 is 0 Å². The molecule has 0 bridgehead atoms. The Balaban J connectivity index is 2.08. The second kappa shape index (κ2) is 7.63. The Labute approximate surface area is 129 Å². The van der Waals surface area contributed by atoms with E-state index in [0.29, 0.717) is 12.6 Å². The fourth-order valence-electron chi connectivity index (χ4n) is 2.80. The van der Waals surface area contributed by atoms with Gasteiger partial charge in [-0.05, 0) is 36.6 Å². The molecule has 1 aliphatic carbocycles. The van der Waals surface area contributed by atoms with Crippen LogP contribution in [0.3, 0.4) is 0 Å². The Kier molecular flexibility index (Phi) is 6.14. The van der Waals surface area contributed by atoms with Crippen LogP contribution in [0.1, 0.15) is 50.1 Å². The quantitative estimate of drug-likeness (QED) is 0.793. The van der Waals surface area contributed by atoms with Gasteiger partial charge in [0.2, 0.25) is 0 Å². The molecule has 1 unspecified atom stereocenters. The molecule has 0 aliphatic heterocycles. The topological polar surface area (TPSA) is 38.0 Å². The van der Waals surface area contributed by atoms with Crippen molar-refractivity contribution < 1.29 is 0 Å². The van der Waals surface area contributed by atoms with Crippen molar-refractivity contribution in [2.75, 3.05) is 6.54 Å². The lowest BCUT2D eigenvalue weighted by molar-refractivity contribution is 0.402. The zero-order valence-electron chi connectivity index (χ0n) is 11.2. The van der Waals surface area contributed by atoms with E-state index in [9.17, 15) is 0 Å². The molecule has 106 valence electrons. The summed E-state index contributed by atoms with van der Waals surface area (Å²) in [6, 6.07) is 6.69. The molecule has 0 amide bonds. The number of benzene rings is 1. The first-order chi connectivity index (χ1) is 9.20. The third kappa shape index (κ3) is 4.45. The second-order valence-electron chi connectivity index (χ2n) is 5.31. The van der Waals surface area contributed by atoms with E-state index in [1.165, 1.54) is 38.5 Å². The molecule has 0 saturated heterocycles. The lowest BCUT2D eigenvalue weighted by Crippen LogP contribution is -2.36. The summed E-state index contributed by atoms with van der Waals surface area (Å²) in [6.07, 6.45) is 7.87. The summed E-state index contributed by atoms with van der Waals surface area (Å²) in [5, 5.41) is 4.49. The molecular formula is C15H22BrClN2. The molecule has 4 heteroatoms. The Bertz CT molecular complexity index is 403. The summed E-state index contributed by atoms with van der Waals surface area (Å²) >= 11 is 9.81. The largest absolute Gasteiger partial charge is 0.329 e. The SMILES string of the molecule is NCC(NC1CCCCCC1)c1cc(Br)ccc1Cl. The van der Waals surface area contributed by atoms with Crippen LogP contribution in [-0.4, -0.2) is 12.6 Å². The summed E-state index contributed by atoms with van der Waals surface area (Å²) in [7, 11) is 0. The van der Waals surface area contributed by atoms with Crippen molar-refractivity contribution in [3.8, 4) is 0 Å². The lowest BCUT2D eigenvalue weighted by atomic mass is 10.0. The first-order valence-corrected chi connectivity index (χ1v) is 8.29. The van der Waals surface area contributed by atoms with E-state index in [1.54, 1.807) is 0 Å². The predicted molar refractivity (Wildman–Crippen MR) is 85.6 cm³/mol. The highest BCUT2D eigenvalue weighted by Gasteiger charge is 2.19. The maximum Gasteiger partial charge on any atom is 0.0461 e. The van der Waals surface area contributed by atoms with Crippen LogP contribution < -0.4 is 11.1 Å². The molecule has 0 heterocycles. The van der Waals surface area contributed by atoms with Crippen LogP contribution in [0.4, 0.5) is 0 Å². The second-order valence-corrected chi connectivity index (χ2v) is 6.63. The van der Waals surface area contributed by atoms with Gasteiger partial charge in [0.25, 0.3) is 0 Å². The summed E-state index contributed by atoms with van der Waals surface area (Å²) in [4.78, 5) is 0. The van der Waals surface area contributed by atoms with E-state index in [1.807, 2.05) is 12.1 Å². The average Bonchev–Trinajstić information content (AvgIpc) is 2.67. The minimum atomic E-state index is 0.146. The smallest absolute Gasteiger partial charge is 0.0461 e. The summed E-state index contributed by atoms with van der Waals surface area (Å²) in [6.45, 7) is 0.576. The Morgan fingerprint density at radius 3 is 2.58 bits per heavy atom. The van der Waals surface area contributed by atoms with E-state index >= 15 is 0 Å². The van der Waals surface area contributed by atoms with Gasteiger partial charge in [-0.3, -0.25) is 0 Å². The van der Waals surface area contributed by atoms with Crippen molar-refractivity contribution in [3.63, 3.8) is 0 Å². The van der Waals surface area contributed by atoms with Crippen LogP contribution in [-0.2, 0) is 0 Å². The van der Waals surface area contributed by atoms with Gasteiger partial charge in [-0.25, -0.2) is 0 Å². The van der Waals surface area contributed by atoms with Gasteiger partial charge in [0.05, 0.1) is 0 Å². The molecule has 3 N–H and O–H groups in total. The highest BCUT2D eigenvalue weighted by Crippen LogP contribution is 2.28. The van der Waals surface area contributed by atoms with Crippen molar-refractivity contribution in [3.05, 3.63) is 33.3 Å². The molecule has 1 saturated carbocycles. The van der Waals surface area contributed by atoms with Crippen molar-refractivity contribution in [1.82, 2.24) is 5.32 Å². The van der Waals surface area contributed by atoms with Crippen LogP contribution in [0.25, 0.3) is 0 Å². The maximum atomic E-state index is 6.30. The van der Waals surface area contributed by atoms with E-state index in [4.69, 9.17) is 17.3 Å². The highest BCUT2D eigenvalue weighted by molar-refractivity contribution is 9.10. The maximum absolute atomic E-state index is 6.30. The van der Waals surface area contributed by atoms with Gasteiger partial charge in [0.1, 0.15) is 0 Å². The number of nitrogens with two attached hydrogens (primary N) is 1. The van der Waals surface area contributed by atoms with Gasteiger partial charge in [0.15, 0.2) is 0 Å². The number of halogens is 2. The molecule has 0 spiro atoms. The van der Waals surface area contributed by atoms with Crippen LogP contribution in [0, 0.1) is 0 Å². The standard InChI is InChI=1S/C15H22BrClN2/c16-11-7-8-14(17)13(9-11)15(10-18)19-12-5-3-1-2-4-6-12/h7-9,12,15,19H,1-6,10,18H2. The minimum absolute atomic E-state index is 0.146. The molecule has 0 radical (unpaired) electrons. The van der Waals surface area contributed by atoms with Gasteiger partial charge in [-0.1, -0.05) is 53.2 Å². The molecule has 2 nitrogen and oxygen atoms in total. The van der Waals surface area contributed by atoms with Crippen LogP contribution >= 0.6 is 27.5 Å². The number of rotatable bonds is 4. The van der Waals surface area contributed by atoms with Gasteiger partial charge in [0, 0.05) is 28.1 Å². The average molecular weight is 346 g/mol. The molecule has 1 aliphatic rings. The number of hydrogen-bond acceptors (Lipinski definition) is 2. The van der Waals surface area contributed by atoms with Crippen molar-refractivity contribution in [2.24, 2.45) is 5.73 Å². The predicted octanol–water partition coefficient (Wildman–Crippen LogP) is 4.41. The molecule has 2 rings (SSSR count). The van der Waals surface area contributed by atoms with Crippen LogP contribution in [0.5, 0.6) is 0 Å². The lowest BCUT2D eigenvalue weighted by Gasteiger charge is -2.25. The summed E-state index contributed by atoms with van der Waals surface area (Å²) < 4.78 is 1.05. The highest BCUT2D eigenvalue weighted by atomic mass is 79.9. The third-order valence-electron chi connectivity index (χ3n) is 3.86.